The van der Waals surface area contributed by atoms with Crippen LogP contribution in [0.3, 0.4) is 0 Å². The molecule has 0 unspecified atom stereocenters. The van der Waals surface area contributed by atoms with Crippen LogP contribution in [0.25, 0.3) is 0 Å². The molecule has 1 rings (SSSR count). The Bertz CT molecular complexity index is 379. The van der Waals surface area contributed by atoms with Crippen molar-refractivity contribution in [1.82, 2.24) is 0 Å². The number of benzene rings is 1. The van der Waals surface area contributed by atoms with Gasteiger partial charge >= 0.3 is 6.18 Å². The van der Waals surface area contributed by atoms with E-state index in [0.29, 0.717) is 6.42 Å². The van der Waals surface area contributed by atoms with Crippen molar-refractivity contribution >= 4 is 0 Å². The number of methoxy groups -OCH3 is 1. The molecular weight excluding hydrogens is 233 g/mol. The van der Waals surface area contributed by atoms with E-state index < -0.39 is 17.8 Å². The SMILES string of the molecule is COc1ccc([C@@H](N)CCN)c(C(F)(F)F)c1. The fraction of sp³-hybridized carbons (Fsp3) is 0.455. The van der Waals surface area contributed by atoms with E-state index in [4.69, 9.17) is 16.2 Å². The van der Waals surface area contributed by atoms with Crippen molar-refractivity contribution in [2.24, 2.45) is 11.5 Å². The Labute approximate surface area is 97.5 Å². The summed E-state index contributed by atoms with van der Waals surface area (Å²) in [5.41, 5.74) is 10.2. The molecule has 1 aromatic rings. The third-order valence-corrected chi connectivity index (χ3v) is 2.44. The largest absolute Gasteiger partial charge is 0.497 e. The topological polar surface area (TPSA) is 61.3 Å². The molecule has 0 aliphatic carbocycles. The van der Waals surface area contributed by atoms with Crippen LogP contribution in [0.5, 0.6) is 5.75 Å². The van der Waals surface area contributed by atoms with Crippen LogP contribution >= 0.6 is 0 Å². The van der Waals surface area contributed by atoms with E-state index in [9.17, 15) is 13.2 Å². The predicted octanol–water partition coefficient (Wildman–Crippen LogP) is 2.06. The number of hydrogen-bond donors (Lipinski definition) is 2. The second-order valence-corrected chi connectivity index (χ2v) is 3.63. The van der Waals surface area contributed by atoms with Crippen molar-refractivity contribution in [2.45, 2.75) is 18.6 Å². The van der Waals surface area contributed by atoms with Crippen molar-refractivity contribution in [3.8, 4) is 5.75 Å². The van der Waals surface area contributed by atoms with Crippen LogP contribution in [-0.4, -0.2) is 13.7 Å². The lowest BCUT2D eigenvalue weighted by Crippen LogP contribution is -2.20. The van der Waals surface area contributed by atoms with E-state index in [1.807, 2.05) is 0 Å². The van der Waals surface area contributed by atoms with Gasteiger partial charge in [-0.3, -0.25) is 0 Å². The maximum Gasteiger partial charge on any atom is 0.416 e. The molecule has 17 heavy (non-hydrogen) atoms. The van der Waals surface area contributed by atoms with Gasteiger partial charge in [0.15, 0.2) is 0 Å². The summed E-state index contributed by atoms with van der Waals surface area (Å²) in [6, 6.07) is 3.02. The Morgan fingerprint density at radius 3 is 2.47 bits per heavy atom. The lowest BCUT2D eigenvalue weighted by Gasteiger charge is -2.18. The lowest BCUT2D eigenvalue weighted by molar-refractivity contribution is -0.138. The Kier molecular flexibility index (Phi) is 4.36. The second-order valence-electron chi connectivity index (χ2n) is 3.63. The second kappa shape index (κ2) is 5.37. The number of rotatable bonds is 4. The standard InChI is InChI=1S/C11H15F3N2O/c1-17-7-2-3-8(10(16)4-5-15)9(6-7)11(12,13)14/h2-3,6,10H,4-5,15-16H2,1H3/t10-/m0/s1. The quantitative estimate of drug-likeness (QED) is 0.857. The summed E-state index contributed by atoms with van der Waals surface area (Å²) in [5, 5.41) is 0. The molecule has 0 aliphatic rings. The van der Waals surface area contributed by atoms with Gasteiger partial charge in [-0.1, -0.05) is 6.07 Å². The van der Waals surface area contributed by atoms with Crippen LogP contribution in [0.15, 0.2) is 18.2 Å². The smallest absolute Gasteiger partial charge is 0.416 e. The minimum absolute atomic E-state index is 0.0451. The van der Waals surface area contributed by atoms with Gasteiger partial charge in [-0.2, -0.15) is 13.2 Å². The Hall–Kier alpha value is -1.27. The number of alkyl halides is 3. The minimum atomic E-state index is -4.45. The lowest BCUT2D eigenvalue weighted by atomic mass is 9.98. The van der Waals surface area contributed by atoms with Crippen LogP contribution in [-0.2, 0) is 6.18 Å². The summed E-state index contributed by atoms with van der Waals surface area (Å²) in [6.45, 7) is 0.241. The van der Waals surface area contributed by atoms with Crippen LogP contribution in [0, 0.1) is 0 Å². The molecule has 0 bridgehead atoms. The molecule has 0 radical (unpaired) electrons. The first-order valence-electron chi connectivity index (χ1n) is 5.11. The molecular formula is C11H15F3N2O. The Balaban J connectivity index is 3.20. The number of ether oxygens (including phenoxy) is 1. The van der Waals surface area contributed by atoms with E-state index in [1.54, 1.807) is 0 Å². The first-order chi connectivity index (χ1) is 7.90. The maximum atomic E-state index is 12.8. The molecule has 0 fully saturated rings. The molecule has 96 valence electrons. The van der Waals surface area contributed by atoms with Crippen molar-refractivity contribution in [3.63, 3.8) is 0 Å². The summed E-state index contributed by atoms with van der Waals surface area (Å²) in [5.74, 6) is 0.154. The molecule has 0 spiro atoms. The van der Waals surface area contributed by atoms with E-state index >= 15 is 0 Å². The predicted molar refractivity (Wildman–Crippen MR) is 58.6 cm³/mol. The molecule has 3 nitrogen and oxygen atoms in total. The molecule has 0 saturated carbocycles. The van der Waals surface area contributed by atoms with Crippen molar-refractivity contribution < 1.29 is 17.9 Å². The molecule has 6 heteroatoms. The van der Waals surface area contributed by atoms with Crippen LogP contribution in [0.4, 0.5) is 13.2 Å². The highest BCUT2D eigenvalue weighted by molar-refractivity contribution is 5.39. The number of nitrogens with two attached hydrogens (primary N) is 2. The van der Waals surface area contributed by atoms with Gasteiger partial charge in [0, 0.05) is 6.04 Å². The van der Waals surface area contributed by atoms with Gasteiger partial charge in [-0.05, 0) is 30.7 Å². The molecule has 0 saturated heterocycles. The molecule has 1 atom stereocenters. The highest BCUT2D eigenvalue weighted by atomic mass is 19.4. The molecule has 0 amide bonds. The van der Waals surface area contributed by atoms with Crippen molar-refractivity contribution in [1.29, 1.82) is 0 Å². The van der Waals surface area contributed by atoms with E-state index in [0.717, 1.165) is 6.07 Å². The van der Waals surface area contributed by atoms with Crippen molar-refractivity contribution in [3.05, 3.63) is 29.3 Å². The zero-order chi connectivity index (χ0) is 13.1. The average Bonchev–Trinajstić information content (AvgIpc) is 2.27. The van der Waals surface area contributed by atoms with Gasteiger partial charge in [-0.15, -0.1) is 0 Å². The molecule has 0 heterocycles. The van der Waals surface area contributed by atoms with Crippen LogP contribution in [0.1, 0.15) is 23.6 Å². The fourth-order valence-electron chi connectivity index (χ4n) is 1.57. The van der Waals surface area contributed by atoms with E-state index in [-0.39, 0.29) is 17.9 Å². The average molecular weight is 248 g/mol. The van der Waals surface area contributed by atoms with Gasteiger partial charge in [0.25, 0.3) is 0 Å². The molecule has 4 N–H and O–H groups in total. The highest BCUT2D eigenvalue weighted by Crippen LogP contribution is 2.36. The maximum absolute atomic E-state index is 12.8. The molecule has 1 aromatic carbocycles. The third kappa shape index (κ3) is 3.34. The third-order valence-electron chi connectivity index (χ3n) is 2.44. The van der Waals surface area contributed by atoms with Gasteiger partial charge in [0.05, 0.1) is 12.7 Å². The van der Waals surface area contributed by atoms with Gasteiger partial charge in [0.1, 0.15) is 5.75 Å². The number of halogens is 3. The summed E-state index contributed by atoms with van der Waals surface area (Å²) < 4.78 is 43.2. The first kappa shape index (κ1) is 13.8. The monoisotopic (exact) mass is 248 g/mol. The Morgan fingerprint density at radius 2 is 2.00 bits per heavy atom. The summed E-state index contributed by atoms with van der Waals surface area (Å²) in [6.07, 6.45) is -4.15. The van der Waals surface area contributed by atoms with Crippen LogP contribution < -0.4 is 16.2 Å². The Morgan fingerprint density at radius 1 is 1.35 bits per heavy atom. The van der Waals surface area contributed by atoms with E-state index in [2.05, 4.69) is 0 Å². The summed E-state index contributed by atoms with van der Waals surface area (Å²) in [4.78, 5) is 0. The molecule has 0 aromatic heterocycles. The van der Waals surface area contributed by atoms with Gasteiger partial charge in [-0.25, -0.2) is 0 Å². The first-order valence-corrected chi connectivity index (χ1v) is 5.11. The highest BCUT2D eigenvalue weighted by Gasteiger charge is 2.35. The zero-order valence-corrected chi connectivity index (χ0v) is 9.42. The van der Waals surface area contributed by atoms with Crippen LogP contribution in [0.2, 0.25) is 0 Å². The summed E-state index contributed by atoms with van der Waals surface area (Å²) in [7, 11) is 1.31. The van der Waals surface area contributed by atoms with Crippen molar-refractivity contribution in [2.75, 3.05) is 13.7 Å². The fourth-order valence-corrected chi connectivity index (χ4v) is 1.57. The van der Waals surface area contributed by atoms with Gasteiger partial charge in [0.2, 0.25) is 0 Å². The summed E-state index contributed by atoms with van der Waals surface area (Å²) >= 11 is 0. The van der Waals surface area contributed by atoms with Gasteiger partial charge < -0.3 is 16.2 Å². The van der Waals surface area contributed by atoms with E-state index in [1.165, 1.54) is 19.2 Å². The zero-order valence-electron chi connectivity index (χ0n) is 9.42. The number of hydrogen-bond acceptors (Lipinski definition) is 3. The molecule has 0 aliphatic heterocycles. The normalized spacial score (nSPS) is 13.5. The minimum Gasteiger partial charge on any atom is -0.497 e.